The summed E-state index contributed by atoms with van der Waals surface area (Å²) in [5.41, 5.74) is 2.32. The van der Waals surface area contributed by atoms with Crippen molar-refractivity contribution in [1.82, 2.24) is 4.90 Å². The Hall–Kier alpha value is -1.84. The lowest BCUT2D eigenvalue weighted by Crippen LogP contribution is -2.48. The van der Waals surface area contributed by atoms with Crippen LogP contribution in [-0.2, 0) is 16.0 Å². The average Bonchev–Trinajstić information content (AvgIpc) is 2.97. The third-order valence-electron chi connectivity index (χ3n) is 5.27. The van der Waals surface area contributed by atoms with Gasteiger partial charge in [0.05, 0.1) is 17.9 Å². The molecule has 0 radical (unpaired) electrons. The first kappa shape index (κ1) is 12.9. The Bertz CT molecular complexity index is 589. The highest BCUT2D eigenvalue weighted by molar-refractivity contribution is 6.06. The quantitative estimate of drug-likeness (QED) is 0.803. The Morgan fingerprint density at radius 1 is 1.10 bits per heavy atom. The van der Waals surface area contributed by atoms with Crippen molar-refractivity contribution >= 4 is 17.5 Å². The molecule has 4 heteroatoms. The maximum atomic E-state index is 12.6. The summed E-state index contributed by atoms with van der Waals surface area (Å²) in [4.78, 5) is 26.8. The van der Waals surface area contributed by atoms with Crippen molar-refractivity contribution in [2.24, 2.45) is 17.8 Å². The van der Waals surface area contributed by atoms with E-state index in [1.807, 2.05) is 12.1 Å². The number of nitrogens with zero attached hydrogens (tertiary/aromatic N) is 1. The van der Waals surface area contributed by atoms with Gasteiger partial charge in [0.1, 0.15) is 0 Å². The summed E-state index contributed by atoms with van der Waals surface area (Å²) in [5.74, 6) is 0.538. The highest BCUT2D eigenvalue weighted by atomic mass is 16.2. The van der Waals surface area contributed by atoms with E-state index in [2.05, 4.69) is 24.4 Å². The molecule has 1 saturated heterocycles. The molecule has 1 aromatic carbocycles. The van der Waals surface area contributed by atoms with E-state index in [0.717, 1.165) is 24.9 Å². The number of imide groups is 1. The number of fused-ring (bicyclic) bond motifs is 2. The van der Waals surface area contributed by atoms with Gasteiger partial charge in [-0.3, -0.25) is 14.5 Å². The van der Waals surface area contributed by atoms with E-state index in [4.69, 9.17) is 0 Å². The lowest BCUT2D eigenvalue weighted by molar-refractivity contribution is -0.143. The van der Waals surface area contributed by atoms with Crippen LogP contribution in [0.3, 0.4) is 0 Å². The SMILES string of the molecule is CC1CC2C(=O)N(C3CNc4ccccc4C3)C(=O)C2C1. The van der Waals surface area contributed by atoms with Crippen LogP contribution in [0.5, 0.6) is 0 Å². The van der Waals surface area contributed by atoms with Gasteiger partial charge >= 0.3 is 0 Å². The predicted octanol–water partition coefficient (Wildman–Crippen LogP) is 2.05. The number of amides is 2. The molecule has 1 aromatic rings. The van der Waals surface area contributed by atoms with Gasteiger partial charge in [-0.2, -0.15) is 0 Å². The Labute approximate surface area is 124 Å². The lowest BCUT2D eigenvalue weighted by Gasteiger charge is -2.32. The fourth-order valence-corrected chi connectivity index (χ4v) is 4.27. The normalized spacial score (nSPS) is 34.6. The summed E-state index contributed by atoms with van der Waals surface area (Å²) < 4.78 is 0. The van der Waals surface area contributed by atoms with Crippen molar-refractivity contribution < 1.29 is 9.59 Å². The van der Waals surface area contributed by atoms with E-state index in [9.17, 15) is 9.59 Å². The Morgan fingerprint density at radius 2 is 1.76 bits per heavy atom. The first-order valence-electron chi connectivity index (χ1n) is 7.84. The van der Waals surface area contributed by atoms with Crippen LogP contribution in [0.2, 0.25) is 0 Å². The standard InChI is InChI=1S/C17H20N2O2/c1-10-6-13-14(7-10)17(21)19(16(13)20)12-8-11-4-2-3-5-15(11)18-9-12/h2-5,10,12-14,18H,6-9H2,1H3. The van der Waals surface area contributed by atoms with Gasteiger partial charge in [0.15, 0.2) is 0 Å². The van der Waals surface area contributed by atoms with E-state index in [1.54, 1.807) is 4.90 Å². The van der Waals surface area contributed by atoms with Gasteiger partial charge in [-0.05, 0) is 36.8 Å². The zero-order chi connectivity index (χ0) is 14.6. The van der Waals surface area contributed by atoms with Crippen molar-refractivity contribution in [1.29, 1.82) is 0 Å². The number of hydrogen-bond acceptors (Lipinski definition) is 3. The largest absolute Gasteiger partial charge is 0.383 e. The van der Waals surface area contributed by atoms with E-state index in [0.29, 0.717) is 12.5 Å². The molecule has 3 atom stereocenters. The van der Waals surface area contributed by atoms with Gasteiger partial charge in [-0.15, -0.1) is 0 Å². The number of carbonyl (C=O) groups excluding carboxylic acids is 2. The van der Waals surface area contributed by atoms with Crippen LogP contribution in [0.15, 0.2) is 24.3 Å². The molecule has 1 aliphatic carbocycles. The van der Waals surface area contributed by atoms with Crippen molar-refractivity contribution in [2.45, 2.75) is 32.2 Å². The maximum absolute atomic E-state index is 12.6. The zero-order valence-electron chi connectivity index (χ0n) is 12.2. The van der Waals surface area contributed by atoms with Crippen molar-refractivity contribution in [3.05, 3.63) is 29.8 Å². The van der Waals surface area contributed by atoms with Gasteiger partial charge in [0.2, 0.25) is 11.8 Å². The topological polar surface area (TPSA) is 49.4 Å². The van der Waals surface area contributed by atoms with E-state index in [1.165, 1.54) is 5.56 Å². The first-order valence-corrected chi connectivity index (χ1v) is 7.84. The molecule has 110 valence electrons. The Morgan fingerprint density at radius 3 is 2.48 bits per heavy atom. The number of hydrogen-bond donors (Lipinski definition) is 1. The molecule has 2 heterocycles. The molecule has 3 unspecified atom stereocenters. The minimum atomic E-state index is -0.0512. The summed E-state index contributed by atoms with van der Waals surface area (Å²) in [6.07, 6.45) is 2.53. The minimum Gasteiger partial charge on any atom is -0.383 e. The van der Waals surface area contributed by atoms with Gasteiger partial charge < -0.3 is 5.32 Å². The van der Waals surface area contributed by atoms with Gasteiger partial charge in [0.25, 0.3) is 0 Å². The Balaban J connectivity index is 1.58. The van der Waals surface area contributed by atoms with Crippen LogP contribution in [0, 0.1) is 17.8 Å². The molecule has 0 bridgehead atoms. The number of carbonyl (C=O) groups is 2. The number of para-hydroxylation sites is 1. The highest BCUT2D eigenvalue weighted by Crippen LogP contribution is 2.44. The Kier molecular flexibility index (Phi) is 2.81. The van der Waals surface area contributed by atoms with E-state index >= 15 is 0 Å². The van der Waals surface area contributed by atoms with Crippen LogP contribution in [-0.4, -0.2) is 29.3 Å². The molecule has 4 nitrogen and oxygen atoms in total. The van der Waals surface area contributed by atoms with E-state index in [-0.39, 0.29) is 29.7 Å². The smallest absolute Gasteiger partial charge is 0.233 e. The van der Waals surface area contributed by atoms with Crippen LogP contribution in [0.1, 0.15) is 25.3 Å². The highest BCUT2D eigenvalue weighted by Gasteiger charge is 2.53. The number of likely N-dealkylation sites (tertiary alicyclic amines) is 1. The van der Waals surface area contributed by atoms with Gasteiger partial charge in [-0.25, -0.2) is 0 Å². The molecule has 1 saturated carbocycles. The van der Waals surface area contributed by atoms with Crippen molar-refractivity contribution in [2.75, 3.05) is 11.9 Å². The van der Waals surface area contributed by atoms with Crippen LogP contribution < -0.4 is 5.32 Å². The number of anilines is 1. The lowest BCUT2D eigenvalue weighted by atomic mass is 9.98. The van der Waals surface area contributed by atoms with Crippen molar-refractivity contribution in [3.8, 4) is 0 Å². The molecule has 0 spiro atoms. The average molecular weight is 284 g/mol. The second-order valence-corrected chi connectivity index (χ2v) is 6.73. The van der Waals surface area contributed by atoms with Crippen molar-refractivity contribution in [3.63, 3.8) is 0 Å². The van der Waals surface area contributed by atoms with E-state index < -0.39 is 0 Å². The first-order chi connectivity index (χ1) is 10.1. The second-order valence-electron chi connectivity index (χ2n) is 6.73. The maximum Gasteiger partial charge on any atom is 0.233 e. The van der Waals surface area contributed by atoms with Crippen LogP contribution >= 0.6 is 0 Å². The van der Waals surface area contributed by atoms with Gasteiger partial charge in [-0.1, -0.05) is 25.1 Å². The van der Waals surface area contributed by atoms with Crippen LogP contribution in [0.4, 0.5) is 5.69 Å². The zero-order valence-corrected chi connectivity index (χ0v) is 12.2. The third kappa shape index (κ3) is 1.88. The van der Waals surface area contributed by atoms with Gasteiger partial charge in [0, 0.05) is 12.2 Å². The molecule has 2 fully saturated rings. The second kappa shape index (κ2) is 4.58. The third-order valence-corrected chi connectivity index (χ3v) is 5.27. The fourth-order valence-electron chi connectivity index (χ4n) is 4.27. The summed E-state index contributed by atoms with van der Waals surface area (Å²) in [7, 11) is 0. The molecule has 21 heavy (non-hydrogen) atoms. The molecular weight excluding hydrogens is 264 g/mol. The van der Waals surface area contributed by atoms with Crippen LogP contribution in [0.25, 0.3) is 0 Å². The summed E-state index contributed by atoms with van der Waals surface area (Å²) >= 11 is 0. The molecule has 3 aliphatic rings. The number of benzene rings is 1. The molecule has 1 N–H and O–H groups in total. The molecule has 0 aromatic heterocycles. The number of rotatable bonds is 1. The monoisotopic (exact) mass is 284 g/mol. The summed E-state index contributed by atoms with van der Waals surface area (Å²) in [5, 5.41) is 3.36. The molecule has 2 amide bonds. The molecule has 4 rings (SSSR count). The summed E-state index contributed by atoms with van der Waals surface area (Å²) in [6.45, 7) is 2.81. The summed E-state index contributed by atoms with van der Waals surface area (Å²) in [6, 6.07) is 8.11. The number of nitrogens with one attached hydrogen (secondary N) is 1. The predicted molar refractivity (Wildman–Crippen MR) is 79.7 cm³/mol. The molecular formula is C17H20N2O2. The minimum absolute atomic E-state index is 0.0270. The fraction of sp³-hybridized carbons (Fsp3) is 0.529. The molecule has 2 aliphatic heterocycles.